The van der Waals surface area contributed by atoms with Gasteiger partial charge in [0.25, 0.3) is 0 Å². The quantitative estimate of drug-likeness (QED) is 0.812. The summed E-state index contributed by atoms with van der Waals surface area (Å²) in [6.07, 6.45) is 0. The second kappa shape index (κ2) is 6.73. The molecule has 1 saturated heterocycles. The predicted octanol–water partition coefficient (Wildman–Crippen LogP) is 4.06. The average molecular weight is 372 g/mol. The zero-order valence-corrected chi connectivity index (χ0v) is 17.0. The van der Waals surface area contributed by atoms with Gasteiger partial charge in [-0.15, -0.1) is 0 Å². The lowest BCUT2D eigenvalue weighted by molar-refractivity contribution is 0.00578. The molecule has 1 aromatic carbocycles. The van der Waals surface area contributed by atoms with Gasteiger partial charge in [-0.2, -0.15) is 0 Å². The Morgan fingerprint density at radius 2 is 1.54 bits per heavy atom. The highest BCUT2D eigenvalue weighted by molar-refractivity contribution is 7.84. The zero-order valence-electron chi connectivity index (χ0n) is 15.5. The van der Waals surface area contributed by atoms with Crippen molar-refractivity contribution in [1.82, 2.24) is 4.72 Å². The molecule has 1 unspecified atom stereocenters. The third-order valence-corrected chi connectivity index (χ3v) is 6.40. The summed E-state index contributed by atoms with van der Waals surface area (Å²) in [5.41, 5.74) is 0.0241. The van der Waals surface area contributed by atoms with Crippen molar-refractivity contribution in [3.8, 4) is 0 Å². The van der Waals surface area contributed by atoms with Gasteiger partial charge in [0, 0.05) is 5.02 Å². The summed E-state index contributed by atoms with van der Waals surface area (Å²) in [6, 6.07) is 7.45. The minimum absolute atomic E-state index is 0.358. The van der Waals surface area contributed by atoms with Gasteiger partial charge in [0.1, 0.15) is 0 Å². The number of hydrogen-bond acceptors (Lipinski definition) is 3. The minimum Gasteiger partial charge on any atom is -0.402 e. The van der Waals surface area contributed by atoms with E-state index in [0.29, 0.717) is 5.02 Å². The van der Waals surface area contributed by atoms with Crippen LogP contribution in [-0.4, -0.2) is 27.3 Å². The van der Waals surface area contributed by atoms with Crippen molar-refractivity contribution in [2.45, 2.75) is 70.4 Å². The lowest BCUT2D eigenvalue weighted by atomic mass is 9.75. The van der Waals surface area contributed by atoms with E-state index in [9.17, 15) is 4.21 Å². The Hall–Kier alpha value is -0.395. The van der Waals surface area contributed by atoms with Crippen molar-refractivity contribution in [2.75, 3.05) is 0 Å². The third kappa shape index (κ3) is 4.22. The largest absolute Gasteiger partial charge is 0.481 e. The lowest BCUT2D eigenvalue weighted by Crippen LogP contribution is -2.43. The van der Waals surface area contributed by atoms with Crippen LogP contribution in [0.3, 0.4) is 0 Å². The van der Waals surface area contributed by atoms with E-state index < -0.39 is 34.1 Å². The van der Waals surface area contributed by atoms with E-state index in [-0.39, 0.29) is 5.94 Å². The fraction of sp³-hybridized carbons (Fsp3) is 0.647. The SMILES string of the molecule is CC(C)(C)S(=O)N[C@H](B1OC(C)(C)C(C)(C)O1)c1ccc(Cl)cc1. The molecule has 24 heavy (non-hydrogen) atoms. The van der Waals surface area contributed by atoms with Gasteiger partial charge in [-0.05, 0) is 66.2 Å². The van der Waals surface area contributed by atoms with Crippen LogP contribution < -0.4 is 4.72 Å². The molecule has 134 valence electrons. The Bertz CT molecular complexity index is 597. The number of rotatable bonds is 4. The van der Waals surface area contributed by atoms with Crippen LogP contribution in [0.1, 0.15) is 60.0 Å². The van der Waals surface area contributed by atoms with Gasteiger partial charge in [-0.25, -0.2) is 8.93 Å². The van der Waals surface area contributed by atoms with Gasteiger partial charge in [-0.3, -0.25) is 0 Å². The maximum atomic E-state index is 12.7. The normalized spacial score (nSPS) is 22.4. The summed E-state index contributed by atoms with van der Waals surface area (Å²) < 4.78 is 27.8. The molecule has 0 radical (unpaired) electrons. The Morgan fingerprint density at radius 3 is 1.96 bits per heavy atom. The molecule has 0 aromatic heterocycles. The number of halogens is 1. The van der Waals surface area contributed by atoms with E-state index in [0.717, 1.165) is 5.56 Å². The van der Waals surface area contributed by atoms with Gasteiger partial charge in [0.15, 0.2) is 0 Å². The van der Waals surface area contributed by atoms with Crippen molar-refractivity contribution in [3.05, 3.63) is 34.9 Å². The molecule has 1 heterocycles. The fourth-order valence-electron chi connectivity index (χ4n) is 2.27. The van der Waals surface area contributed by atoms with Crippen molar-refractivity contribution in [3.63, 3.8) is 0 Å². The van der Waals surface area contributed by atoms with Crippen LogP contribution in [-0.2, 0) is 20.3 Å². The van der Waals surface area contributed by atoms with Crippen LogP contribution in [0.2, 0.25) is 5.02 Å². The number of benzene rings is 1. The molecule has 7 heteroatoms. The molecule has 1 aliphatic heterocycles. The molecule has 1 aromatic rings. The monoisotopic (exact) mass is 371 g/mol. The van der Waals surface area contributed by atoms with Gasteiger partial charge < -0.3 is 9.31 Å². The second-order valence-electron chi connectivity index (χ2n) is 8.15. The van der Waals surface area contributed by atoms with E-state index in [2.05, 4.69) is 4.72 Å². The second-order valence-corrected chi connectivity index (χ2v) is 10.6. The number of nitrogens with one attached hydrogen (secondary N) is 1. The zero-order chi connectivity index (χ0) is 18.3. The molecule has 4 nitrogen and oxygen atoms in total. The maximum absolute atomic E-state index is 12.7. The maximum Gasteiger partial charge on any atom is 0.481 e. The molecule has 1 N–H and O–H groups in total. The van der Waals surface area contributed by atoms with Crippen LogP contribution >= 0.6 is 11.6 Å². The molecule has 0 spiro atoms. The summed E-state index contributed by atoms with van der Waals surface area (Å²) in [7, 11) is -1.80. The highest BCUT2D eigenvalue weighted by Crippen LogP contribution is 2.40. The van der Waals surface area contributed by atoms with Crippen molar-refractivity contribution in [2.24, 2.45) is 0 Å². The first kappa shape index (κ1) is 19.9. The van der Waals surface area contributed by atoms with Crippen molar-refractivity contribution < 1.29 is 13.5 Å². The van der Waals surface area contributed by atoms with Crippen LogP contribution in [0.15, 0.2) is 24.3 Å². The Balaban J connectivity index is 2.34. The van der Waals surface area contributed by atoms with Crippen LogP contribution in [0.5, 0.6) is 0 Å². The molecular formula is C17H27BClNO3S. The molecule has 0 bridgehead atoms. The topological polar surface area (TPSA) is 47.6 Å². The summed E-state index contributed by atoms with van der Waals surface area (Å²) in [5, 5.41) is 0.656. The van der Waals surface area contributed by atoms with Crippen LogP contribution in [0, 0.1) is 0 Å². The van der Waals surface area contributed by atoms with Crippen molar-refractivity contribution >= 4 is 29.7 Å². The van der Waals surface area contributed by atoms with Gasteiger partial charge >= 0.3 is 7.12 Å². The predicted molar refractivity (Wildman–Crippen MR) is 101 cm³/mol. The summed E-state index contributed by atoms with van der Waals surface area (Å²) in [5.74, 6) is -0.358. The third-order valence-electron chi connectivity index (χ3n) is 4.56. The van der Waals surface area contributed by atoms with Gasteiger partial charge in [-0.1, -0.05) is 23.7 Å². The highest BCUT2D eigenvalue weighted by Gasteiger charge is 2.54. The molecular weight excluding hydrogens is 345 g/mol. The summed E-state index contributed by atoms with van der Waals surface area (Å²) in [4.78, 5) is 0. The minimum atomic E-state index is -1.26. The van der Waals surface area contributed by atoms with Gasteiger partial charge in [0.2, 0.25) is 0 Å². The Labute approximate surface area is 153 Å². The highest BCUT2D eigenvalue weighted by atomic mass is 35.5. The Morgan fingerprint density at radius 1 is 1.08 bits per heavy atom. The van der Waals surface area contributed by atoms with E-state index in [4.69, 9.17) is 20.9 Å². The van der Waals surface area contributed by atoms with E-state index >= 15 is 0 Å². The van der Waals surface area contributed by atoms with E-state index in [1.165, 1.54) is 0 Å². The smallest absolute Gasteiger partial charge is 0.402 e. The molecule has 0 amide bonds. The molecule has 1 fully saturated rings. The number of hydrogen-bond donors (Lipinski definition) is 1. The first-order chi connectivity index (χ1) is 10.8. The Kier molecular flexibility index (Phi) is 5.58. The molecule has 2 rings (SSSR count). The van der Waals surface area contributed by atoms with Gasteiger partial charge in [0.05, 0.1) is 32.9 Å². The van der Waals surface area contributed by atoms with Crippen LogP contribution in [0.25, 0.3) is 0 Å². The van der Waals surface area contributed by atoms with E-state index in [1.54, 1.807) is 0 Å². The summed E-state index contributed by atoms with van der Waals surface area (Å²) >= 11 is 6.00. The first-order valence-electron chi connectivity index (χ1n) is 8.13. The van der Waals surface area contributed by atoms with Crippen LogP contribution in [0.4, 0.5) is 0 Å². The molecule has 0 saturated carbocycles. The average Bonchev–Trinajstić information content (AvgIpc) is 2.64. The standard InChI is InChI=1S/C17H27BClNO3S/c1-15(2,3)24(21)20-14(12-8-10-13(19)11-9-12)18-22-16(4,5)17(6,7)23-18/h8-11,14,20H,1-7H3/t14-,24?/m0/s1. The molecule has 2 atom stereocenters. The lowest BCUT2D eigenvalue weighted by Gasteiger charge is -2.32. The molecule has 1 aliphatic rings. The van der Waals surface area contributed by atoms with E-state index in [1.807, 2.05) is 72.7 Å². The van der Waals surface area contributed by atoms with Crippen molar-refractivity contribution in [1.29, 1.82) is 0 Å². The first-order valence-corrected chi connectivity index (χ1v) is 9.65. The molecule has 0 aliphatic carbocycles. The summed E-state index contributed by atoms with van der Waals surface area (Å²) in [6.45, 7) is 13.8. The fourth-order valence-corrected chi connectivity index (χ4v) is 3.23.